The highest BCUT2D eigenvalue weighted by Gasteiger charge is 2.13. The molecular weight excluding hydrogens is 445 g/mol. The standard InChI is InChI=1S/C29H34FNO4/c1-5-33-26-12-8-22(9-13-26)28-14-10-24(31-29(28)34-6-2)18-25(32)11-7-21-15-23(30)17-27(16-21)35-19-20(3)4/h8-10,12-17,20H,5-7,11,18-19H2,1-4H3. The number of Topliss-reactive ketones (excluding diaryl/α,β-unsaturated/α-hetero) is 1. The van der Waals surface area contributed by atoms with E-state index in [1.165, 1.54) is 12.1 Å². The third-order valence-corrected chi connectivity index (χ3v) is 5.26. The third-order valence-electron chi connectivity index (χ3n) is 5.26. The fourth-order valence-electron chi connectivity index (χ4n) is 3.63. The molecule has 6 heteroatoms. The maximum absolute atomic E-state index is 14.0. The summed E-state index contributed by atoms with van der Waals surface area (Å²) in [6, 6.07) is 16.2. The molecule has 2 aromatic carbocycles. The van der Waals surface area contributed by atoms with Gasteiger partial charge in [-0.15, -0.1) is 0 Å². The fraction of sp³-hybridized carbons (Fsp3) is 0.379. The summed E-state index contributed by atoms with van der Waals surface area (Å²) >= 11 is 0. The third kappa shape index (κ3) is 8.09. The van der Waals surface area contributed by atoms with Crippen LogP contribution >= 0.6 is 0 Å². The lowest BCUT2D eigenvalue weighted by atomic mass is 10.0. The van der Waals surface area contributed by atoms with Crippen LogP contribution in [0.4, 0.5) is 4.39 Å². The van der Waals surface area contributed by atoms with Crippen LogP contribution in [0.2, 0.25) is 0 Å². The Labute approximate surface area is 207 Å². The summed E-state index contributed by atoms with van der Waals surface area (Å²) < 4.78 is 30.9. The average molecular weight is 480 g/mol. The molecule has 0 aliphatic heterocycles. The van der Waals surface area contributed by atoms with Gasteiger partial charge in [-0.05, 0) is 73.7 Å². The second kappa shape index (κ2) is 12.9. The maximum Gasteiger partial charge on any atom is 0.221 e. The van der Waals surface area contributed by atoms with E-state index in [1.54, 1.807) is 6.07 Å². The van der Waals surface area contributed by atoms with Crippen LogP contribution in [0.3, 0.4) is 0 Å². The number of aryl methyl sites for hydroxylation is 1. The predicted octanol–water partition coefficient (Wildman–Crippen LogP) is 6.46. The van der Waals surface area contributed by atoms with E-state index in [9.17, 15) is 9.18 Å². The Balaban J connectivity index is 1.65. The van der Waals surface area contributed by atoms with Gasteiger partial charge < -0.3 is 14.2 Å². The molecular formula is C29H34FNO4. The number of hydrogen-bond donors (Lipinski definition) is 0. The monoisotopic (exact) mass is 479 g/mol. The van der Waals surface area contributed by atoms with Crippen LogP contribution in [0.1, 0.15) is 45.4 Å². The number of halogens is 1. The van der Waals surface area contributed by atoms with E-state index in [-0.39, 0.29) is 18.0 Å². The minimum atomic E-state index is -0.360. The Kier molecular flexibility index (Phi) is 9.65. The van der Waals surface area contributed by atoms with Gasteiger partial charge in [0.2, 0.25) is 5.88 Å². The molecule has 0 unspecified atom stereocenters. The van der Waals surface area contributed by atoms with Gasteiger partial charge in [0, 0.05) is 24.5 Å². The molecule has 1 aromatic heterocycles. The normalized spacial score (nSPS) is 10.9. The minimum absolute atomic E-state index is 0.0303. The van der Waals surface area contributed by atoms with E-state index in [0.717, 1.165) is 22.4 Å². The molecule has 35 heavy (non-hydrogen) atoms. The van der Waals surface area contributed by atoms with Crippen LogP contribution in [-0.2, 0) is 17.6 Å². The number of rotatable bonds is 13. The van der Waals surface area contributed by atoms with Crippen LogP contribution in [0.15, 0.2) is 54.6 Å². The van der Waals surface area contributed by atoms with Gasteiger partial charge in [0.15, 0.2) is 0 Å². The van der Waals surface area contributed by atoms with E-state index >= 15 is 0 Å². The molecule has 3 rings (SSSR count). The highest BCUT2D eigenvalue weighted by atomic mass is 19.1. The van der Waals surface area contributed by atoms with Crippen LogP contribution in [0, 0.1) is 11.7 Å². The molecule has 0 saturated heterocycles. The Morgan fingerprint density at radius 3 is 2.34 bits per heavy atom. The molecule has 0 N–H and O–H groups in total. The number of hydrogen-bond acceptors (Lipinski definition) is 5. The molecule has 0 spiro atoms. The minimum Gasteiger partial charge on any atom is -0.494 e. The number of ether oxygens (including phenoxy) is 3. The van der Waals surface area contributed by atoms with Crippen molar-refractivity contribution in [1.82, 2.24) is 4.98 Å². The maximum atomic E-state index is 14.0. The zero-order chi connectivity index (χ0) is 25.2. The smallest absolute Gasteiger partial charge is 0.221 e. The second-order valence-electron chi connectivity index (χ2n) is 8.76. The first kappa shape index (κ1) is 26.2. The van der Waals surface area contributed by atoms with E-state index in [2.05, 4.69) is 4.98 Å². The largest absolute Gasteiger partial charge is 0.494 e. The highest BCUT2D eigenvalue weighted by molar-refractivity contribution is 5.81. The van der Waals surface area contributed by atoms with Gasteiger partial charge in [-0.3, -0.25) is 4.79 Å². The average Bonchev–Trinajstić information content (AvgIpc) is 2.82. The van der Waals surface area contributed by atoms with Crippen LogP contribution in [0.25, 0.3) is 11.1 Å². The summed E-state index contributed by atoms with van der Waals surface area (Å²) in [5.74, 6) is 1.82. The molecule has 1 heterocycles. The van der Waals surface area contributed by atoms with Crippen molar-refractivity contribution >= 4 is 5.78 Å². The van der Waals surface area contributed by atoms with E-state index < -0.39 is 0 Å². The molecule has 186 valence electrons. The zero-order valence-corrected chi connectivity index (χ0v) is 21.0. The second-order valence-corrected chi connectivity index (χ2v) is 8.76. The Hall–Kier alpha value is -3.41. The molecule has 0 atom stereocenters. The lowest BCUT2D eigenvalue weighted by molar-refractivity contribution is -0.118. The lowest BCUT2D eigenvalue weighted by Gasteiger charge is -2.12. The first-order valence-corrected chi connectivity index (χ1v) is 12.2. The van der Waals surface area contributed by atoms with Crippen LogP contribution < -0.4 is 14.2 Å². The van der Waals surface area contributed by atoms with Gasteiger partial charge in [0.05, 0.1) is 25.5 Å². The summed E-state index contributed by atoms with van der Waals surface area (Å²) in [5, 5.41) is 0. The molecule has 0 amide bonds. The fourth-order valence-corrected chi connectivity index (χ4v) is 3.63. The van der Waals surface area contributed by atoms with Crippen molar-refractivity contribution in [3.05, 3.63) is 71.7 Å². The summed E-state index contributed by atoms with van der Waals surface area (Å²) in [6.45, 7) is 9.52. The lowest BCUT2D eigenvalue weighted by Crippen LogP contribution is -2.08. The molecule has 0 bridgehead atoms. The molecule has 0 fully saturated rings. The number of pyridine rings is 1. The van der Waals surface area contributed by atoms with Gasteiger partial charge in [-0.1, -0.05) is 26.0 Å². The van der Waals surface area contributed by atoms with Gasteiger partial charge in [-0.2, -0.15) is 0 Å². The number of nitrogens with zero attached hydrogens (tertiary/aromatic N) is 1. The summed E-state index contributed by atoms with van der Waals surface area (Å²) in [6.07, 6.45) is 0.923. The first-order valence-electron chi connectivity index (χ1n) is 12.2. The Morgan fingerprint density at radius 2 is 1.66 bits per heavy atom. The number of benzene rings is 2. The Morgan fingerprint density at radius 1 is 0.914 bits per heavy atom. The van der Waals surface area contributed by atoms with Crippen molar-refractivity contribution in [3.63, 3.8) is 0 Å². The van der Waals surface area contributed by atoms with Gasteiger partial charge in [-0.25, -0.2) is 9.37 Å². The number of ketones is 1. The van der Waals surface area contributed by atoms with Crippen molar-refractivity contribution in [2.75, 3.05) is 19.8 Å². The molecule has 0 aliphatic rings. The van der Waals surface area contributed by atoms with Crippen molar-refractivity contribution in [1.29, 1.82) is 0 Å². The van der Waals surface area contributed by atoms with E-state index in [4.69, 9.17) is 14.2 Å². The number of carbonyl (C=O) groups excluding carboxylic acids is 1. The van der Waals surface area contributed by atoms with Crippen molar-refractivity contribution in [2.45, 2.75) is 47.0 Å². The van der Waals surface area contributed by atoms with Gasteiger partial charge >= 0.3 is 0 Å². The molecule has 5 nitrogen and oxygen atoms in total. The van der Waals surface area contributed by atoms with Crippen molar-refractivity contribution < 1.29 is 23.4 Å². The highest BCUT2D eigenvalue weighted by Crippen LogP contribution is 2.30. The van der Waals surface area contributed by atoms with Crippen LogP contribution in [-0.4, -0.2) is 30.6 Å². The first-order chi connectivity index (χ1) is 16.9. The van der Waals surface area contributed by atoms with Gasteiger partial charge in [0.1, 0.15) is 23.1 Å². The molecule has 0 radical (unpaired) electrons. The number of carbonyl (C=O) groups is 1. The Bertz CT molecular complexity index is 1110. The summed E-state index contributed by atoms with van der Waals surface area (Å²) in [7, 11) is 0. The van der Waals surface area contributed by atoms with Crippen molar-refractivity contribution in [2.24, 2.45) is 5.92 Å². The van der Waals surface area contributed by atoms with Crippen LogP contribution in [0.5, 0.6) is 17.4 Å². The number of aromatic nitrogens is 1. The van der Waals surface area contributed by atoms with E-state index in [0.29, 0.717) is 55.9 Å². The zero-order valence-electron chi connectivity index (χ0n) is 21.0. The SMILES string of the molecule is CCOc1ccc(-c2ccc(CC(=O)CCc3cc(F)cc(OCC(C)C)c3)nc2OCC)cc1. The van der Waals surface area contributed by atoms with Crippen molar-refractivity contribution in [3.8, 4) is 28.5 Å². The molecule has 0 aliphatic carbocycles. The summed E-state index contributed by atoms with van der Waals surface area (Å²) in [4.78, 5) is 17.3. The summed E-state index contributed by atoms with van der Waals surface area (Å²) in [5.41, 5.74) is 3.21. The van der Waals surface area contributed by atoms with E-state index in [1.807, 2.05) is 64.1 Å². The quantitative estimate of drug-likeness (QED) is 0.281. The van der Waals surface area contributed by atoms with Gasteiger partial charge in [0.25, 0.3) is 0 Å². The topological polar surface area (TPSA) is 57.7 Å². The predicted molar refractivity (Wildman–Crippen MR) is 136 cm³/mol. The molecule has 3 aromatic rings. The molecule has 0 saturated carbocycles.